The van der Waals surface area contributed by atoms with Crippen LogP contribution in [0.15, 0.2) is 85.2 Å². The molecule has 0 spiro atoms. The highest BCUT2D eigenvalue weighted by Gasteiger charge is 2.28. The summed E-state index contributed by atoms with van der Waals surface area (Å²) in [4.78, 5) is 44.3. The zero-order valence-electron chi connectivity index (χ0n) is 18.1. The number of carbonyl (C=O) groups is 3. The second-order valence-corrected chi connectivity index (χ2v) is 8.38. The fourth-order valence-electron chi connectivity index (χ4n) is 4.71. The molecule has 2 heterocycles. The fourth-order valence-corrected chi connectivity index (χ4v) is 4.71. The molecule has 6 heteroatoms. The van der Waals surface area contributed by atoms with Crippen LogP contribution in [-0.2, 0) is 6.42 Å². The Bertz CT molecular complexity index is 1490. The first-order valence-corrected chi connectivity index (χ1v) is 11.0. The van der Waals surface area contributed by atoms with Gasteiger partial charge in [0.25, 0.3) is 11.8 Å². The smallest absolute Gasteiger partial charge is 0.259 e. The lowest BCUT2D eigenvalue weighted by molar-refractivity contribution is 0.0986. The van der Waals surface area contributed by atoms with Gasteiger partial charge in [0, 0.05) is 47.0 Å². The summed E-state index contributed by atoms with van der Waals surface area (Å²) in [5.41, 5.74) is 6.42. The molecule has 164 valence electrons. The van der Waals surface area contributed by atoms with Crippen LogP contribution in [0.4, 0.5) is 11.4 Å². The fraction of sp³-hybridized carbons (Fsp3) is 0.0714. The number of carbonyl (C=O) groups excluding carboxylic acids is 3. The van der Waals surface area contributed by atoms with Gasteiger partial charge in [-0.15, -0.1) is 0 Å². The number of aromatic nitrogens is 1. The van der Waals surface area contributed by atoms with Crippen molar-refractivity contribution in [1.29, 1.82) is 0 Å². The van der Waals surface area contributed by atoms with Gasteiger partial charge in [0.15, 0.2) is 5.78 Å². The summed E-state index contributed by atoms with van der Waals surface area (Å²) in [6.45, 7) is 0.577. The van der Waals surface area contributed by atoms with Crippen LogP contribution in [-0.4, -0.2) is 29.1 Å². The number of hydrogen-bond acceptors (Lipinski definition) is 4. The number of nitrogens with zero attached hydrogens (tertiary/aromatic N) is 2. The highest BCUT2D eigenvalue weighted by molar-refractivity contribution is 6.22. The van der Waals surface area contributed by atoms with Gasteiger partial charge < -0.3 is 10.2 Å². The molecule has 1 aromatic heterocycles. The van der Waals surface area contributed by atoms with Gasteiger partial charge in [-0.2, -0.15) is 0 Å². The Kier molecular flexibility index (Phi) is 4.59. The van der Waals surface area contributed by atoms with Crippen molar-refractivity contribution in [3.05, 3.63) is 113 Å². The van der Waals surface area contributed by atoms with E-state index in [1.807, 2.05) is 42.5 Å². The minimum absolute atomic E-state index is 0.0591. The van der Waals surface area contributed by atoms with E-state index in [0.717, 1.165) is 22.4 Å². The molecule has 2 aliphatic rings. The number of amides is 2. The predicted molar refractivity (Wildman–Crippen MR) is 129 cm³/mol. The van der Waals surface area contributed by atoms with Crippen molar-refractivity contribution in [2.24, 2.45) is 0 Å². The largest absolute Gasteiger partial charge is 0.322 e. The van der Waals surface area contributed by atoms with Crippen LogP contribution in [0.5, 0.6) is 0 Å². The van der Waals surface area contributed by atoms with E-state index in [1.165, 1.54) is 0 Å². The first kappa shape index (κ1) is 20.1. The Morgan fingerprint density at radius 2 is 1.65 bits per heavy atom. The topological polar surface area (TPSA) is 79.4 Å². The lowest BCUT2D eigenvalue weighted by Crippen LogP contribution is -2.28. The molecule has 34 heavy (non-hydrogen) atoms. The summed E-state index contributed by atoms with van der Waals surface area (Å²) >= 11 is 0. The number of fused-ring (bicyclic) bond motifs is 4. The second kappa shape index (κ2) is 7.78. The number of benzene rings is 3. The average Bonchev–Trinajstić information content (AvgIpc) is 3.43. The van der Waals surface area contributed by atoms with Crippen molar-refractivity contribution in [3.63, 3.8) is 0 Å². The molecule has 4 aromatic rings. The van der Waals surface area contributed by atoms with Crippen LogP contribution < -0.4 is 10.2 Å². The maximum atomic E-state index is 13.0. The van der Waals surface area contributed by atoms with E-state index in [4.69, 9.17) is 0 Å². The Morgan fingerprint density at radius 1 is 0.824 bits per heavy atom. The summed E-state index contributed by atoms with van der Waals surface area (Å²) in [6, 6.07) is 21.8. The summed E-state index contributed by atoms with van der Waals surface area (Å²) in [5.74, 6) is -0.434. The zero-order valence-corrected chi connectivity index (χ0v) is 18.1. The summed E-state index contributed by atoms with van der Waals surface area (Å²) in [6.07, 6.45) is 3.91. The third-order valence-electron chi connectivity index (χ3n) is 6.37. The molecule has 0 saturated heterocycles. The van der Waals surface area contributed by atoms with Crippen LogP contribution >= 0.6 is 0 Å². The highest BCUT2D eigenvalue weighted by Crippen LogP contribution is 2.37. The molecular formula is C28H19N3O3. The van der Waals surface area contributed by atoms with Crippen molar-refractivity contribution in [2.45, 2.75) is 6.42 Å². The Morgan fingerprint density at radius 3 is 2.47 bits per heavy atom. The molecule has 0 bridgehead atoms. The zero-order chi connectivity index (χ0) is 23.2. The van der Waals surface area contributed by atoms with Gasteiger partial charge in [-0.05, 0) is 65.6 Å². The van der Waals surface area contributed by atoms with Crippen LogP contribution in [0.1, 0.15) is 42.2 Å². The average molecular weight is 445 g/mol. The van der Waals surface area contributed by atoms with Crippen molar-refractivity contribution < 1.29 is 14.4 Å². The minimum atomic E-state index is -0.284. The van der Waals surface area contributed by atoms with E-state index in [2.05, 4.69) is 10.3 Å². The number of pyridine rings is 1. The Hall–Kier alpha value is -4.58. The molecular weight excluding hydrogens is 426 g/mol. The van der Waals surface area contributed by atoms with E-state index in [1.54, 1.807) is 47.6 Å². The molecule has 0 unspecified atom stereocenters. The molecule has 6 rings (SSSR count). The van der Waals surface area contributed by atoms with Gasteiger partial charge in [0.05, 0.1) is 5.56 Å². The van der Waals surface area contributed by atoms with Gasteiger partial charge in [-0.25, -0.2) is 0 Å². The number of hydrogen-bond donors (Lipinski definition) is 1. The van der Waals surface area contributed by atoms with E-state index in [9.17, 15) is 14.4 Å². The van der Waals surface area contributed by atoms with Crippen molar-refractivity contribution in [3.8, 4) is 11.1 Å². The van der Waals surface area contributed by atoms with Gasteiger partial charge in [0.2, 0.25) is 0 Å². The second-order valence-electron chi connectivity index (χ2n) is 8.38. The summed E-state index contributed by atoms with van der Waals surface area (Å²) < 4.78 is 0. The van der Waals surface area contributed by atoms with Crippen LogP contribution in [0.25, 0.3) is 11.1 Å². The molecule has 6 nitrogen and oxygen atoms in total. The van der Waals surface area contributed by atoms with E-state index in [0.29, 0.717) is 40.9 Å². The lowest BCUT2D eigenvalue weighted by atomic mass is 10.0. The molecule has 3 aromatic carbocycles. The maximum Gasteiger partial charge on any atom is 0.259 e. The standard InChI is InChI=1S/C28H19N3O3/c32-26-23-6-2-1-5-21(23)22-9-7-18(15-24(22)26)27(33)30-20-8-10-25-17(14-20)11-13-31(25)28(34)19-4-3-12-29-16-19/h1-10,12,14-16H,11,13H2,(H,30,33). The van der Waals surface area contributed by atoms with Crippen molar-refractivity contribution in [2.75, 3.05) is 16.8 Å². The molecule has 1 N–H and O–H groups in total. The Balaban J connectivity index is 1.22. The molecule has 0 atom stereocenters. The molecule has 1 aliphatic carbocycles. The summed E-state index contributed by atoms with van der Waals surface area (Å²) in [7, 11) is 0. The van der Waals surface area contributed by atoms with Gasteiger partial charge in [-0.3, -0.25) is 19.4 Å². The first-order valence-electron chi connectivity index (χ1n) is 11.0. The molecule has 0 fully saturated rings. The third kappa shape index (κ3) is 3.19. The van der Waals surface area contributed by atoms with Gasteiger partial charge in [-0.1, -0.05) is 30.3 Å². The van der Waals surface area contributed by atoms with Gasteiger partial charge >= 0.3 is 0 Å². The minimum Gasteiger partial charge on any atom is -0.322 e. The number of nitrogens with one attached hydrogen (secondary N) is 1. The number of anilines is 2. The monoisotopic (exact) mass is 445 g/mol. The lowest BCUT2D eigenvalue weighted by Gasteiger charge is -2.17. The van der Waals surface area contributed by atoms with E-state index < -0.39 is 0 Å². The van der Waals surface area contributed by atoms with Crippen molar-refractivity contribution in [1.82, 2.24) is 4.98 Å². The third-order valence-corrected chi connectivity index (χ3v) is 6.37. The molecule has 1 aliphatic heterocycles. The van der Waals surface area contributed by atoms with Crippen LogP contribution in [0.3, 0.4) is 0 Å². The number of ketones is 1. The molecule has 0 saturated carbocycles. The van der Waals surface area contributed by atoms with Crippen molar-refractivity contribution >= 4 is 29.0 Å². The van der Waals surface area contributed by atoms with E-state index >= 15 is 0 Å². The van der Waals surface area contributed by atoms with Crippen LogP contribution in [0.2, 0.25) is 0 Å². The van der Waals surface area contributed by atoms with Crippen LogP contribution in [0, 0.1) is 0 Å². The SMILES string of the molecule is O=C(Nc1ccc2c(c1)CCN2C(=O)c1cccnc1)c1ccc2c(c1)C(=O)c1ccccc1-2. The Labute approximate surface area is 195 Å². The van der Waals surface area contributed by atoms with Gasteiger partial charge in [0.1, 0.15) is 0 Å². The highest BCUT2D eigenvalue weighted by atomic mass is 16.2. The number of rotatable bonds is 3. The summed E-state index contributed by atoms with van der Waals surface area (Å²) in [5, 5.41) is 2.93. The predicted octanol–water partition coefficient (Wildman–Crippen LogP) is 4.75. The first-order chi connectivity index (χ1) is 16.6. The van der Waals surface area contributed by atoms with E-state index in [-0.39, 0.29) is 17.6 Å². The normalized spacial score (nSPS) is 13.3. The molecule has 2 amide bonds. The molecule has 0 radical (unpaired) electrons. The maximum absolute atomic E-state index is 13.0. The quantitative estimate of drug-likeness (QED) is 0.435.